The highest BCUT2D eigenvalue weighted by molar-refractivity contribution is 6.35. The first-order valence-electron chi connectivity index (χ1n) is 11.0. The summed E-state index contributed by atoms with van der Waals surface area (Å²) in [7, 11) is 0. The van der Waals surface area contributed by atoms with Crippen molar-refractivity contribution >= 4 is 29.1 Å². The molecule has 2 aromatic heterocycles. The van der Waals surface area contributed by atoms with Crippen molar-refractivity contribution in [2.75, 3.05) is 6.54 Å². The van der Waals surface area contributed by atoms with Gasteiger partial charge in [-0.3, -0.25) is 4.79 Å². The number of nitrogens with zero attached hydrogens (tertiary/aromatic N) is 4. The SMILES string of the molecule is Cc1cc(C)n(-c2nc(C)c(C(=O)NCCCc3ccccc3)c(-c3cc(Cl)cc(Cl)c3)n2)n1. The number of benzene rings is 2. The molecule has 0 unspecified atom stereocenters. The molecule has 0 aliphatic heterocycles. The molecular weight excluding hydrogens is 469 g/mol. The molecule has 0 bridgehead atoms. The number of aryl methyl sites for hydroxylation is 4. The van der Waals surface area contributed by atoms with Crippen molar-refractivity contribution in [1.82, 2.24) is 25.1 Å². The van der Waals surface area contributed by atoms with Crippen molar-refractivity contribution in [2.45, 2.75) is 33.6 Å². The number of carbonyl (C=O) groups is 1. The first-order valence-corrected chi connectivity index (χ1v) is 11.8. The number of carbonyl (C=O) groups excluding carboxylic acids is 1. The first-order chi connectivity index (χ1) is 16.3. The minimum Gasteiger partial charge on any atom is -0.352 e. The van der Waals surface area contributed by atoms with Gasteiger partial charge >= 0.3 is 0 Å². The maximum atomic E-state index is 13.3. The average molecular weight is 494 g/mol. The number of rotatable bonds is 7. The molecule has 6 nitrogen and oxygen atoms in total. The number of hydrogen-bond donors (Lipinski definition) is 1. The third kappa shape index (κ3) is 5.46. The number of aromatic nitrogens is 4. The van der Waals surface area contributed by atoms with Crippen LogP contribution in [0.1, 0.15) is 39.4 Å². The van der Waals surface area contributed by atoms with Gasteiger partial charge in [-0.1, -0.05) is 53.5 Å². The number of hydrogen-bond acceptors (Lipinski definition) is 4. The van der Waals surface area contributed by atoms with Crippen LogP contribution in [0.15, 0.2) is 54.6 Å². The number of nitrogens with one attached hydrogen (secondary N) is 1. The Morgan fingerprint density at radius 1 is 0.971 bits per heavy atom. The fraction of sp³-hybridized carbons (Fsp3) is 0.231. The van der Waals surface area contributed by atoms with E-state index in [1.54, 1.807) is 29.8 Å². The van der Waals surface area contributed by atoms with E-state index in [0.29, 0.717) is 45.1 Å². The molecule has 174 valence electrons. The van der Waals surface area contributed by atoms with Crippen molar-refractivity contribution < 1.29 is 4.79 Å². The van der Waals surface area contributed by atoms with Gasteiger partial charge in [-0.25, -0.2) is 14.6 Å². The Kier molecular flexibility index (Phi) is 7.29. The van der Waals surface area contributed by atoms with Crippen molar-refractivity contribution in [1.29, 1.82) is 0 Å². The molecule has 2 aromatic carbocycles. The third-order valence-electron chi connectivity index (χ3n) is 5.41. The highest BCUT2D eigenvalue weighted by Crippen LogP contribution is 2.30. The zero-order valence-electron chi connectivity index (χ0n) is 19.3. The predicted molar refractivity (Wildman–Crippen MR) is 136 cm³/mol. The van der Waals surface area contributed by atoms with E-state index >= 15 is 0 Å². The Hall–Kier alpha value is -3.22. The van der Waals surface area contributed by atoms with Crippen LogP contribution in [-0.2, 0) is 6.42 Å². The summed E-state index contributed by atoms with van der Waals surface area (Å²) in [5.41, 5.74) is 5.02. The molecule has 0 saturated heterocycles. The Morgan fingerprint density at radius 3 is 2.32 bits per heavy atom. The predicted octanol–water partition coefficient (Wildman–Crippen LogP) is 5.92. The van der Waals surface area contributed by atoms with Gasteiger partial charge in [0.25, 0.3) is 11.9 Å². The molecular formula is C26H25Cl2N5O. The summed E-state index contributed by atoms with van der Waals surface area (Å²) in [5, 5.41) is 8.43. The summed E-state index contributed by atoms with van der Waals surface area (Å²) in [5.74, 6) is 0.145. The monoisotopic (exact) mass is 493 g/mol. The summed E-state index contributed by atoms with van der Waals surface area (Å²) in [6, 6.07) is 17.3. The minimum atomic E-state index is -0.239. The van der Waals surface area contributed by atoms with E-state index < -0.39 is 0 Å². The Morgan fingerprint density at radius 2 is 1.68 bits per heavy atom. The lowest BCUT2D eigenvalue weighted by atomic mass is 10.0. The summed E-state index contributed by atoms with van der Waals surface area (Å²) in [6.07, 6.45) is 1.70. The fourth-order valence-corrected chi connectivity index (χ4v) is 4.41. The quantitative estimate of drug-likeness (QED) is 0.324. The van der Waals surface area contributed by atoms with Crippen LogP contribution in [0.2, 0.25) is 10.0 Å². The largest absolute Gasteiger partial charge is 0.352 e. The fourth-order valence-electron chi connectivity index (χ4n) is 3.88. The first kappa shape index (κ1) is 23.9. The van der Waals surface area contributed by atoms with Crippen LogP contribution in [0.4, 0.5) is 0 Å². The maximum Gasteiger partial charge on any atom is 0.255 e. The molecule has 34 heavy (non-hydrogen) atoms. The summed E-state index contributed by atoms with van der Waals surface area (Å²) in [6.45, 7) is 6.17. The van der Waals surface area contributed by atoms with Crippen LogP contribution in [-0.4, -0.2) is 32.2 Å². The van der Waals surface area contributed by atoms with Crippen LogP contribution in [0.5, 0.6) is 0 Å². The lowest BCUT2D eigenvalue weighted by molar-refractivity contribution is 0.0952. The molecule has 0 aliphatic carbocycles. The lowest BCUT2D eigenvalue weighted by Gasteiger charge is -2.15. The molecule has 0 fully saturated rings. The van der Waals surface area contributed by atoms with Gasteiger partial charge in [-0.2, -0.15) is 5.10 Å². The lowest BCUT2D eigenvalue weighted by Crippen LogP contribution is -2.27. The van der Waals surface area contributed by atoms with E-state index in [9.17, 15) is 4.79 Å². The topological polar surface area (TPSA) is 72.7 Å². The molecule has 4 rings (SSSR count). The van der Waals surface area contributed by atoms with Crippen LogP contribution >= 0.6 is 23.2 Å². The zero-order valence-corrected chi connectivity index (χ0v) is 20.8. The van der Waals surface area contributed by atoms with Gasteiger partial charge < -0.3 is 5.32 Å². The summed E-state index contributed by atoms with van der Waals surface area (Å²) in [4.78, 5) is 22.6. The van der Waals surface area contributed by atoms with Crippen LogP contribution in [0.25, 0.3) is 17.2 Å². The van der Waals surface area contributed by atoms with E-state index in [2.05, 4.69) is 27.5 Å². The average Bonchev–Trinajstić information content (AvgIpc) is 3.14. The van der Waals surface area contributed by atoms with E-state index in [-0.39, 0.29) is 5.91 Å². The van der Waals surface area contributed by atoms with Gasteiger partial charge in [0, 0.05) is 27.8 Å². The van der Waals surface area contributed by atoms with Gasteiger partial charge in [0.05, 0.1) is 22.6 Å². The van der Waals surface area contributed by atoms with Crippen LogP contribution in [0, 0.1) is 20.8 Å². The van der Waals surface area contributed by atoms with Crippen molar-refractivity contribution in [3.8, 4) is 17.2 Å². The van der Waals surface area contributed by atoms with E-state index in [1.165, 1.54) is 5.56 Å². The van der Waals surface area contributed by atoms with Gasteiger partial charge in [-0.15, -0.1) is 0 Å². The summed E-state index contributed by atoms with van der Waals surface area (Å²) < 4.78 is 1.67. The van der Waals surface area contributed by atoms with Gasteiger partial charge in [-0.05, 0) is 63.4 Å². The molecule has 0 aliphatic rings. The van der Waals surface area contributed by atoms with E-state index in [4.69, 9.17) is 28.2 Å². The Labute approximate surface area is 209 Å². The molecule has 0 saturated carbocycles. The number of halogens is 2. The molecule has 0 spiro atoms. The second kappa shape index (κ2) is 10.4. The van der Waals surface area contributed by atoms with Crippen LogP contribution < -0.4 is 5.32 Å². The zero-order chi connectivity index (χ0) is 24.2. The third-order valence-corrected chi connectivity index (χ3v) is 5.85. The van der Waals surface area contributed by atoms with Crippen molar-refractivity contribution in [2.24, 2.45) is 0 Å². The highest BCUT2D eigenvalue weighted by Gasteiger charge is 2.22. The number of amides is 1. The second-order valence-electron chi connectivity index (χ2n) is 8.17. The van der Waals surface area contributed by atoms with Gasteiger partial charge in [0.2, 0.25) is 0 Å². The standard InChI is InChI=1S/C26H25Cl2N5O/c1-16-12-17(2)33(32-16)26-30-18(3)23(24(31-26)20-13-21(27)15-22(28)14-20)25(34)29-11-7-10-19-8-5-4-6-9-19/h4-6,8-9,12-15H,7,10-11H2,1-3H3,(H,29,34). The minimum absolute atomic E-state index is 0.239. The van der Waals surface area contributed by atoms with Gasteiger partial charge in [0.15, 0.2) is 0 Å². The summed E-state index contributed by atoms with van der Waals surface area (Å²) >= 11 is 12.5. The van der Waals surface area contributed by atoms with Crippen molar-refractivity contribution in [3.05, 3.63) is 92.9 Å². The highest BCUT2D eigenvalue weighted by atomic mass is 35.5. The van der Waals surface area contributed by atoms with E-state index in [0.717, 1.165) is 24.2 Å². The molecule has 8 heteroatoms. The van der Waals surface area contributed by atoms with Gasteiger partial charge in [0.1, 0.15) is 0 Å². The van der Waals surface area contributed by atoms with Crippen molar-refractivity contribution in [3.63, 3.8) is 0 Å². The molecule has 0 radical (unpaired) electrons. The molecule has 0 atom stereocenters. The normalized spacial score (nSPS) is 11.0. The van der Waals surface area contributed by atoms with E-state index in [1.807, 2.05) is 38.1 Å². The Balaban J connectivity index is 1.67. The smallest absolute Gasteiger partial charge is 0.255 e. The molecule has 2 heterocycles. The maximum absolute atomic E-state index is 13.3. The molecule has 1 amide bonds. The molecule has 4 aromatic rings. The Bertz CT molecular complexity index is 1310. The molecule has 1 N–H and O–H groups in total. The second-order valence-corrected chi connectivity index (χ2v) is 9.05. The van der Waals surface area contributed by atoms with Crippen LogP contribution in [0.3, 0.4) is 0 Å².